The number of hydrogen-bond acceptors (Lipinski definition) is 6. The number of alkyl halides is 3. The van der Waals surface area contributed by atoms with Gasteiger partial charge in [0, 0.05) is 58.6 Å². The standard InChI is InChI=1S/C18H27F3N8O.HI/c1-22-17(25-7-6-24-16-23-5-4-14(27-16)18(19,20)21)29-10-8-28(9-11-29)12-15(30)26-13-2-3-13;/h4-5,13H,2-3,6-12H2,1H3,(H,22,25)(H,26,30)(H,23,24,27);1H. The van der Waals surface area contributed by atoms with Gasteiger partial charge in [-0.25, -0.2) is 9.97 Å². The maximum atomic E-state index is 12.7. The molecule has 0 unspecified atom stereocenters. The van der Waals surface area contributed by atoms with E-state index in [0.717, 1.165) is 51.3 Å². The molecule has 0 atom stereocenters. The van der Waals surface area contributed by atoms with Gasteiger partial charge in [-0.2, -0.15) is 13.2 Å². The summed E-state index contributed by atoms with van der Waals surface area (Å²) in [6, 6.07) is 1.21. The number of aliphatic imine (C=N–C) groups is 1. The number of amides is 1. The maximum Gasteiger partial charge on any atom is 0.433 e. The van der Waals surface area contributed by atoms with Gasteiger partial charge in [0.1, 0.15) is 5.69 Å². The van der Waals surface area contributed by atoms with Crippen LogP contribution in [0.4, 0.5) is 19.1 Å². The highest BCUT2D eigenvalue weighted by molar-refractivity contribution is 14.0. The van der Waals surface area contributed by atoms with Crippen LogP contribution in [0.3, 0.4) is 0 Å². The van der Waals surface area contributed by atoms with Crippen molar-refractivity contribution >= 4 is 41.8 Å². The molecule has 1 aromatic heterocycles. The second-order valence-electron chi connectivity index (χ2n) is 7.27. The van der Waals surface area contributed by atoms with Crippen molar-refractivity contribution in [2.75, 3.05) is 58.2 Å². The lowest BCUT2D eigenvalue weighted by Crippen LogP contribution is -2.54. The van der Waals surface area contributed by atoms with E-state index in [1.165, 1.54) is 0 Å². The number of hydrogen-bond donors (Lipinski definition) is 3. The molecule has 1 aromatic rings. The number of aromatic nitrogens is 2. The lowest BCUT2D eigenvalue weighted by molar-refractivity contribution is -0.141. The van der Waals surface area contributed by atoms with Crippen molar-refractivity contribution in [3.05, 3.63) is 18.0 Å². The van der Waals surface area contributed by atoms with Crippen LogP contribution in [-0.2, 0) is 11.0 Å². The Morgan fingerprint density at radius 3 is 2.55 bits per heavy atom. The maximum absolute atomic E-state index is 12.7. The van der Waals surface area contributed by atoms with Gasteiger partial charge in [0.25, 0.3) is 0 Å². The lowest BCUT2D eigenvalue weighted by atomic mass is 10.3. The highest BCUT2D eigenvalue weighted by Crippen LogP contribution is 2.27. The lowest BCUT2D eigenvalue weighted by Gasteiger charge is -2.36. The molecule has 2 heterocycles. The molecule has 1 aliphatic heterocycles. The van der Waals surface area contributed by atoms with Gasteiger partial charge in [-0.1, -0.05) is 0 Å². The van der Waals surface area contributed by atoms with Crippen molar-refractivity contribution in [3.63, 3.8) is 0 Å². The third-order valence-electron chi connectivity index (χ3n) is 4.83. The predicted molar refractivity (Wildman–Crippen MR) is 121 cm³/mol. The number of nitrogens with zero attached hydrogens (tertiary/aromatic N) is 5. The van der Waals surface area contributed by atoms with E-state index in [1.54, 1.807) is 7.05 Å². The quantitative estimate of drug-likeness (QED) is 0.200. The van der Waals surface area contributed by atoms with E-state index >= 15 is 0 Å². The van der Waals surface area contributed by atoms with Gasteiger partial charge in [0.15, 0.2) is 5.96 Å². The Morgan fingerprint density at radius 1 is 1.23 bits per heavy atom. The van der Waals surface area contributed by atoms with Crippen LogP contribution in [0, 0.1) is 0 Å². The summed E-state index contributed by atoms with van der Waals surface area (Å²) in [4.78, 5) is 27.7. The van der Waals surface area contributed by atoms with E-state index in [0.29, 0.717) is 31.6 Å². The van der Waals surface area contributed by atoms with E-state index in [-0.39, 0.29) is 35.8 Å². The molecule has 0 aromatic carbocycles. The molecule has 1 amide bonds. The topological polar surface area (TPSA) is 97.8 Å². The Morgan fingerprint density at radius 2 is 1.94 bits per heavy atom. The van der Waals surface area contributed by atoms with Gasteiger partial charge < -0.3 is 20.9 Å². The zero-order chi connectivity index (χ0) is 21.6. The number of carbonyl (C=O) groups excluding carboxylic acids is 1. The van der Waals surface area contributed by atoms with Gasteiger partial charge in [0.05, 0.1) is 6.54 Å². The molecule has 1 aliphatic carbocycles. The van der Waals surface area contributed by atoms with Crippen molar-refractivity contribution in [1.29, 1.82) is 0 Å². The summed E-state index contributed by atoms with van der Waals surface area (Å²) in [7, 11) is 1.68. The molecule has 2 aliphatic rings. The first-order valence-electron chi connectivity index (χ1n) is 9.96. The zero-order valence-corrected chi connectivity index (χ0v) is 19.6. The van der Waals surface area contributed by atoms with Gasteiger partial charge >= 0.3 is 6.18 Å². The second kappa shape index (κ2) is 11.6. The Bertz CT molecular complexity index is 752. The normalized spacial score (nSPS) is 17.7. The van der Waals surface area contributed by atoms with Crippen molar-refractivity contribution < 1.29 is 18.0 Å². The summed E-state index contributed by atoms with van der Waals surface area (Å²) in [5.41, 5.74) is -0.979. The molecular weight excluding hydrogens is 528 g/mol. The Hall–Kier alpha value is -1.90. The fourth-order valence-corrected chi connectivity index (χ4v) is 3.10. The number of anilines is 1. The molecule has 0 radical (unpaired) electrons. The number of guanidine groups is 1. The smallest absolute Gasteiger partial charge is 0.354 e. The van der Waals surface area contributed by atoms with Gasteiger partial charge in [-0.05, 0) is 18.9 Å². The van der Waals surface area contributed by atoms with Gasteiger partial charge in [-0.3, -0.25) is 14.7 Å². The summed E-state index contributed by atoms with van der Waals surface area (Å²) in [6.45, 7) is 4.18. The number of piperazine rings is 1. The molecule has 1 saturated carbocycles. The number of halogens is 4. The van der Waals surface area contributed by atoms with E-state index in [1.807, 2.05) is 0 Å². The van der Waals surface area contributed by atoms with Crippen LogP contribution in [0.5, 0.6) is 0 Å². The number of carbonyl (C=O) groups is 1. The van der Waals surface area contributed by atoms with Crippen molar-refractivity contribution in [2.45, 2.75) is 25.1 Å². The predicted octanol–water partition coefficient (Wildman–Crippen LogP) is 0.997. The zero-order valence-electron chi connectivity index (χ0n) is 17.3. The van der Waals surface area contributed by atoms with Crippen LogP contribution in [-0.4, -0.2) is 90.5 Å². The van der Waals surface area contributed by atoms with Crippen molar-refractivity contribution in [2.24, 2.45) is 4.99 Å². The first-order valence-corrected chi connectivity index (χ1v) is 9.96. The third kappa shape index (κ3) is 8.27. The van der Waals surface area contributed by atoms with Gasteiger partial charge in [-0.15, -0.1) is 24.0 Å². The fourth-order valence-electron chi connectivity index (χ4n) is 3.10. The summed E-state index contributed by atoms with van der Waals surface area (Å²) in [6.07, 6.45) is -1.26. The van der Waals surface area contributed by atoms with Crippen LogP contribution >= 0.6 is 24.0 Å². The minimum absolute atomic E-state index is 0. The van der Waals surface area contributed by atoms with Crippen LogP contribution in [0.25, 0.3) is 0 Å². The first kappa shape index (κ1) is 25.4. The Balaban J connectivity index is 0.00000341. The number of nitrogens with one attached hydrogen (secondary N) is 3. The summed E-state index contributed by atoms with van der Waals surface area (Å²) in [5, 5.41) is 8.96. The molecule has 9 nitrogen and oxygen atoms in total. The van der Waals surface area contributed by atoms with E-state index < -0.39 is 11.9 Å². The molecule has 174 valence electrons. The average molecular weight is 556 g/mol. The SMILES string of the molecule is CN=C(NCCNc1nccc(C(F)(F)F)n1)N1CCN(CC(=O)NC2CC2)CC1.I. The molecule has 2 fully saturated rings. The highest BCUT2D eigenvalue weighted by Gasteiger charge is 2.32. The third-order valence-corrected chi connectivity index (χ3v) is 4.83. The van der Waals surface area contributed by atoms with Crippen LogP contribution < -0.4 is 16.0 Å². The molecule has 3 rings (SSSR count). The minimum Gasteiger partial charge on any atom is -0.354 e. The fraction of sp³-hybridized carbons (Fsp3) is 0.667. The largest absolute Gasteiger partial charge is 0.433 e. The van der Waals surface area contributed by atoms with Crippen molar-refractivity contribution in [3.8, 4) is 0 Å². The minimum atomic E-state index is -4.50. The molecule has 1 saturated heterocycles. The summed E-state index contributed by atoms with van der Waals surface area (Å²) < 4.78 is 38.1. The van der Waals surface area contributed by atoms with E-state index in [2.05, 4.69) is 40.7 Å². The highest BCUT2D eigenvalue weighted by atomic mass is 127. The Kier molecular flexibility index (Phi) is 9.53. The summed E-state index contributed by atoms with van der Waals surface area (Å²) in [5.74, 6) is 0.722. The molecule has 0 bridgehead atoms. The molecule has 13 heteroatoms. The van der Waals surface area contributed by atoms with E-state index in [4.69, 9.17) is 0 Å². The van der Waals surface area contributed by atoms with Crippen LogP contribution in [0.2, 0.25) is 0 Å². The first-order chi connectivity index (χ1) is 14.3. The molecular formula is C18H28F3IN8O. The average Bonchev–Trinajstić information content (AvgIpc) is 3.52. The summed E-state index contributed by atoms with van der Waals surface area (Å²) >= 11 is 0. The van der Waals surface area contributed by atoms with Gasteiger partial charge in [0.2, 0.25) is 11.9 Å². The van der Waals surface area contributed by atoms with Crippen molar-refractivity contribution in [1.82, 2.24) is 30.4 Å². The van der Waals surface area contributed by atoms with Crippen LogP contribution in [0.15, 0.2) is 17.3 Å². The van der Waals surface area contributed by atoms with E-state index in [9.17, 15) is 18.0 Å². The second-order valence-corrected chi connectivity index (χ2v) is 7.27. The number of rotatable bonds is 7. The molecule has 31 heavy (non-hydrogen) atoms. The molecule has 0 spiro atoms. The Labute approximate surface area is 196 Å². The monoisotopic (exact) mass is 556 g/mol. The van der Waals surface area contributed by atoms with Crippen LogP contribution in [0.1, 0.15) is 18.5 Å². The molecule has 3 N–H and O–H groups in total.